The summed E-state index contributed by atoms with van der Waals surface area (Å²) >= 11 is 0. The number of ketones is 1. The largest absolute Gasteiger partial charge is 0.462 e. The SMILES string of the molecule is CC[C@H]1OC(=O)C[C@@H](O)[C@H](C)[C@@H](O[C@@H]2O[C@H](C)[C@@H](O)[C@H](N(C)C)[C@H]2O)[C@@H](CCN2CCCCC2)C[C@@H](C)C(=O)/C=C\C(C)=C/[C@@H]1CN(C)Cc1ccccc1. The summed E-state index contributed by atoms with van der Waals surface area (Å²) in [7, 11) is 5.64. The molecule has 310 valence electrons. The van der Waals surface area contributed by atoms with Gasteiger partial charge in [-0.25, -0.2) is 0 Å². The van der Waals surface area contributed by atoms with E-state index in [1.165, 1.54) is 12.0 Å². The Bertz CT molecular complexity index is 1380. The van der Waals surface area contributed by atoms with E-state index >= 15 is 0 Å². The number of likely N-dealkylation sites (tertiary alicyclic amines) is 1. The summed E-state index contributed by atoms with van der Waals surface area (Å²) in [4.78, 5) is 34.0. The molecular formula is C44H71N3O8. The number of esters is 1. The number of allylic oxidation sites excluding steroid dienone is 3. The third-order valence-corrected chi connectivity index (χ3v) is 12.0. The highest BCUT2D eigenvalue weighted by atomic mass is 16.7. The molecule has 3 heterocycles. The molecule has 3 aliphatic heterocycles. The van der Waals surface area contributed by atoms with Crippen LogP contribution in [0.25, 0.3) is 0 Å². The lowest BCUT2D eigenvalue weighted by Gasteiger charge is -2.47. The van der Waals surface area contributed by atoms with Crippen LogP contribution in [-0.4, -0.2) is 138 Å². The predicted molar refractivity (Wildman–Crippen MR) is 215 cm³/mol. The van der Waals surface area contributed by atoms with Crippen molar-refractivity contribution in [2.75, 3.05) is 47.3 Å². The minimum atomic E-state index is -1.18. The van der Waals surface area contributed by atoms with Crippen LogP contribution in [-0.2, 0) is 30.3 Å². The van der Waals surface area contributed by atoms with E-state index in [-0.39, 0.29) is 30.0 Å². The van der Waals surface area contributed by atoms with Crippen molar-refractivity contribution in [2.24, 2.45) is 23.7 Å². The number of cyclic esters (lactones) is 1. The van der Waals surface area contributed by atoms with E-state index in [1.807, 2.05) is 59.0 Å². The van der Waals surface area contributed by atoms with Crippen LogP contribution in [0.2, 0.25) is 0 Å². The Morgan fingerprint density at radius 3 is 2.29 bits per heavy atom. The molecular weight excluding hydrogens is 698 g/mol. The predicted octanol–water partition coefficient (Wildman–Crippen LogP) is 4.83. The highest BCUT2D eigenvalue weighted by Gasteiger charge is 2.47. The quantitative estimate of drug-likeness (QED) is 0.268. The van der Waals surface area contributed by atoms with Crippen LogP contribution >= 0.6 is 0 Å². The maximum atomic E-state index is 13.8. The molecule has 0 radical (unpaired) electrons. The Morgan fingerprint density at radius 1 is 0.945 bits per heavy atom. The van der Waals surface area contributed by atoms with E-state index in [1.54, 1.807) is 32.0 Å². The van der Waals surface area contributed by atoms with Gasteiger partial charge in [0.05, 0.1) is 36.9 Å². The van der Waals surface area contributed by atoms with Crippen LogP contribution < -0.4 is 0 Å². The number of carbonyl (C=O) groups excluding carboxylic acids is 2. The van der Waals surface area contributed by atoms with Gasteiger partial charge in [-0.1, -0.05) is 75.2 Å². The lowest BCUT2D eigenvalue weighted by molar-refractivity contribution is -0.304. The first kappa shape index (κ1) is 45.2. The zero-order chi connectivity index (χ0) is 40.2. The number of hydrogen-bond acceptors (Lipinski definition) is 11. The summed E-state index contributed by atoms with van der Waals surface area (Å²) in [6.45, 7) is 13.7. The molecule has 2 fully saturated rings. The number of likely N-dealkylation sites (N-methyl/N-ethyl adjacent to an activating group) is 1. The number of hydrogen-bond donors (Lipinski definition) is 3. The summed E-state index contributed by atoms with van der Waals surface area (Å²) in [6.07, 6.45) is 4.53. The maximum absolute atomic E-state index is 13.8. The lowest BCUT2D eigenvalue weighted by Crippen LogP contribution is -2.63. The van der Waals surface area contributed by atoms with Crippen molar-refractivity contribution in [2.45, 2.75) is 135 Å². The first-order valence-electron chi connectivity index (χ1n) is 20.7. The number of carbonyl (C=O) groups is 2. The average molecular weight is 770 g/mol. The third-order valence-electron chi connectivity index (χ3n) is 12.0. The van der Waals surface area contributed by atoms with E-state index in [4.69, 9.17) is 14.2 Å². The minimum Gasteiger partial charge on any atom is -0.462 e. The second-order valence-electron chi connectivity index (χ2n) is 16.9. The van der Waals surface area contributed by atoms with Gasteiger partial charge in [-0.05, 0) is 104 Å². The van der Waals surface area contributed by atoms with Crippen LogP contribution in [0.5, 0.6) is 0 Å². The highest BCUT2D eigenvalue weighted by molar-refractivity contribution is 5.91. The number of ether oxygens (including phenoxy) is 3. The normalized spacial score (nSPS) is 36.7. The van der Waals surface area contributed by atoms with Crippen LogP contribution in [0.3, 0.4) is 0 Å². The van der Waals surface area contributed by atoms with Gasteiger partial charge in [0.25, 0.3) is 0 Å². The van der Waals surface area contributed by atoms with Gasteiger partial charge in [-0.3, -0.25) is 9.59 Å². The van der Waals surface area contributed by atoms with E-state index in [0.29, 0.717) is 25.8 Å². The summed E-state index contributed by atoms with van der Waals surface area (Å²) in [5.74, 6) is -1.80. The van der Waals surface area contributed by atoms with Crippen molar-refractivity contribution in [3.63, 3.8) is 0 Å². The van der Waals surface area contributed by atoms with Crippen molar-refractivity contribution >= 4 is 11.8 Å². The van der Waals surface area contributed by atoms with Gasteiger partial charge >= 0.3 is 5.97 Å². The molecule has 12 atom stereocenters. The smallest absolute Gasteiger partial charge is 0.308 e. The molecule has 0 saturated carbocycles. The number of nitrogens with zero attached hydrogens (tertiary/aromatic N) is 3. The van der Waals surface area contributed by atoms with Gasteiger partial charge in [-0.2, -0.15) is 0 Å². The first-order valence-corrected chi connectivity index (χ1v) is 20.7. The van der Waals surface area contributed by atoms with Crippen LogP contribution in [0.4, 0.5) is 0 Å². The first-order chi connectivity index (χ1) is 26.2. The minimum absolute atomic E-state index is 0.00403. The van der Waals surface area contributed by atoms with Gasteiger partial charge in [0.15, 0.2) is 12.1 Å². The second kappa shape index (κ2) is 21.9. The Morgan fingerprint density at radius 2 is 1.64 bits per heavy atom. The molecule has 55 heavy (non-hydrogen) atoms. The topological polar surface area (TPSA) is 132 Å². The average Bonchev–Trinajstić information content (AvgIpc) is 3.15. The fourth-order valence-electron chi connectivity index (χ4n) is 8.71. The molecule has 0 unspecified atom stereocenters. The molecule has 0 amide bonds. The van der Waals surface area contributed by atoms with E-state index in [0.717, 1.165) is 44.6 Å². The highest BCUT2D eigenvalue weighted by Crippen LogP contribution is 2.35. The zero-order valence-corrected chi connectivity index (χ0v) is 34.8. The van der Waals surface area contributed by atoms with E-state index in [2.05, 4.69) is 28.0 Å². The van der Waals surface area contributed by atoms with Gasteiger partial charge in [0.1, 0.15) is 12.2 Å². The van der Waals surface area contributed by atoms with Crippen molar-refractivity contribution in [1.29, 1.82) is 0 Å². The van der Waals surface area contributed by atoms with Gasteiger partial charge < -0.3 is 44.2 Å². The Kier molecular flexibility index (Phi) is 18.0. The van der Waals surface area contributed by atoms with Crippen molar-refractivity contribution < 1.29 is 39.1 Å². The Labute approximate surface area is 330 Å². The molecule has 0 aliphatic carbocycles. The van der Waals surface area contributed by atoms with Crippen molar-refractivity contribution in [3.8, 4) is 0 Å². The molecule has 1 aromatic carbocycles. The molecule has 1 aromatic rings. The van der Waals surface area contributed by atoms with Gasteiger partial charge in [0.2, 0.25) is 0 Å². The van der Waals surface area contributed by atoms with Crippen molar-refractivity contribution in [1.82, 2.24) is 14.7 Å². The van der Waals surface area contributed by atoms with Crippen LogP contribution in [0.15, 0.2) is 54.1 Å². The zero-order valence-electron chi connectivity index (χ0n) is 34.8. The van der Waals surface area contributed by atoms with E-state index < -0.39 is 60.8 Å². The standard InChI is InChI=1S/C44H71N3O8/c1-9-38-35(28-46(8)27-33-16-12-10-13-17-33)24-29(2)18-19-36(48)30(3)25-34(20-23-47-21-14-11-15-22-47)43(31(4)37(49)26-39(50)54-38)55-44-42(52)40(45(6)7)41(51)32(5)53-44/h10,12-13,16-19,24,30-32,34-35,37-38,40-44,49,51-52H,9,11,14-15,20-23,25-28H2,1-8H3/b19-18-,29-24-/t30-,31+,32-,34+,35-,37-,38-,40+,41-,42-,43-,44+/m1/s1. The number of aliphatic hydroxyl groups is 3. The molecule has 3 aliphatic rings. The monoisotopic (exact) mass is 770 g/mol. The molecule has 3 N–H and O–H groups in total. The molecule has 4 rings (SSSR count). The Balaban J connectivity index is 1.67. The fraction of sp³-hybridized carbons (Fsp3) is 0.727. The number of rotatable bonds is 11. The lowest BCUT2D eigenvalue weighted by atomic mass is 9.79. The van der Waals surface area contributed by atoms with Crippen molar-refractivity contribution in [3.05, 3.63) is 59.7 Å². The molecule has 0 spiro atoms. The van der Waals surface area contributed by atoms with E-state index in [9.17, 15) is 24.9 Å². The molecule has 0 aromatic heterocycles. The number of aliphatic hydroxyl groups excluding tert-OH is 3. The number of benzene rings is 1. The second-order valence-corrected chi connectivity index (χ2v) is 16.9. The van der Waals surface area contributed by atoms with Gasteiger partial charge in [-0.15, -0.1) is 0 Å². The third kappa shape index (κ3) is 13.3. The molecule has 11 nitrogen and oxygen atoms in total. The summed E-state index contributed by atoms with van der Waals surface area (Å²) in [6, 6.07) is 9.58. The molecule has 11 heteroatoms. The summed E-state index contributed by atoms with van der Waals surface area (Å²) < 4.78 is 19.1. The van der Waals surface area contributed by atoms with Crippen LogP contribution in [0.1, 0.15) is 85.1 Å². The molecule has 0 bridgehead atoms. The Hall–Kier alpha value is -2.48. The summed E-state index contributed by atoms with van der Waals surface area (Å²) in [5.41, 5.74) is 2.09. The molecule has 2 saturated heterocycles. The summed E-state index contributed by atoms with van der Waals surface area (Å²) in [5, 5.41) is 34.3. The number of piperidine rings is 1. The van der Waals surface area contributed by atoms with Crippen LogP contribution in [0, 0.1) is 23.7 Å². The fourth-order valence-corrected chi connectivity index (χ4v) is 8.71. The van der Waals surface area contributed by atoms with Gasteiger partial charge in [0, 0.05) is 30.8 Å². The maximum Gasteiger partial charge on any atom is 0.308 e.